The van der Waals surface area contributed by atoms with Gasteiger partial charge >= 0.3 is 5.97 Å². The summed E-state index contributed by atoms with van der Waals surface area (Å²) < 4.78 is 6.08. The zero-order valence-electron chi connectivity index (χ0n) is 18.3. The molecule has 3 saturated carbocycles. The molecule has 0 bridgehead atoms. The first-order valence-electron chi connectivity index (χ1n) is 11.2. The van der Waals surface area contributed by atoms with E-state index in [2.05, 4.69) is 31.7 Å². The van der Waals surface area contributed by atoms with Crippen molar-refractivity contribution >= 4 is 29.0 Å². The van der Waals surface area contributed by atoms with Gasteiger partial charge in [-0.25, -0.2) is 5.26 Å². The molecule has 3 fully saturated rings. The van der Waals surface area contributed by atoms with Crippen molar-refractivity contribution in [3.63, 3.8) is 0 Å². The first-order valence-corrected chi connectivity index (χ1v) is 11.6. The molecule has 0 aromatic heterocycles. The Morgan fingerprint density at radius 1 is 1.30 bits per heavy atom. The lowest BCUT2D eigenvalue weighted by Gasteiger charge is -2.58. The Morgan fingerprint density at radius 2 is 2.03 bits per heavy atom. The van der Waals surface area contributed by atoms with Crippen molar-refractivity contribution in [2.75, 3.05) is 0 Å². The second-order valence-corrected chi connectivity index (χ2v) is 10.5. The van der Waals surface area contributed by atoms with E-state index in [4.69, 9.17) is 17.0 Å². The maximum atomic E-state index is 12.4. The molecule has 0 radical (unpaired) electrons. The fourth-order valence-corrected chi connectivity index (χ4v) is 8.01. The molecule has 0 aliphatic heterocycles. The predicted molar refractivity (Wildman–Crippen MR) is 117 cm³/mol. The first kappa shape index (κ1) is 21.7. The molecule has 0 spiro atoms. The van der Waals surface area contributed by atoms with Crippen LogP contribution in [0.3, 0.4) is 0 Å². The lowest BCUT2D eigenvalue weighted by Crippen LogP contribution is -2.60. The van der Waals surface area contributed by atoms with Crippen LogP contribution in [0.25, 0.3) is 0 Å². The van der Waals surface area contributed by atoms with Gasteiger partial charge in [0.25, 0.3) is 0 Å². The molecule has 1 N–H and O–H groups in total. The molecule has 164 valence electrons. The predicted octanol–water partition coefficient (Wildman–Crippen LogP) is 5.05. The summed E-state index contributed by atoms with van der Waals surface area (Å²) >= 11 is 5.48. The normalized spacial score (nSPS) is 44.4. The van der Waals surface area contributed by atoms with Crippen LogP contribution < -0.4 is 0 Å². The highest BCUT2D eigenvalue weighted by Crippen LogP contribution is 2.69. The minimum absolute atomic E-state index is 0.0222. The Hall–Kier alpha value is -1.53. The number of ether oxygens (including phenoxy) is 1. The van der Waals surface area contributed by atoms with Crippen molar-refractivity contribution in [1.82, 2.24) is 0 Å². The van der Waals surface area contributed by atoms with Crippen LogP contribution in [0.2, 0.25) is 0 Å². The third-order valence-corrected chi connectivity index (χ3v) is 9.42. The van der Waals surface area contributed by atoms with Crippen molar-refractivity contribution in [2.45, 2.75) is 71.8 Å². The summed E-state index contributed by atoms with van der Waals surface area (Å²) in [5, 5.41) is 9.52. The summed E-state index contributed by atoms with van der Waals surface area (Å²) in [6.07, 6.45) is 10.5. The molecule has 0 amide bonds. The van der Waals surface area contributed by atoms with Crippen LogP contribution in [0.15, 0.2) is 23.8 Å². The highest BCUT2D eigenvalue weighted by Gasteiger charge is 2.71. The molecule has 0 aromatic carbocycles. The van der Waals surface area contributed by atoms with E-state index < -0.39 is 11.0 Å². The summed E-state index contributed by atoms with van der Waals surface area (Å²) in [5.41, 5.74) is -0.344. The van der Waals surface area contributed by atoms with Crippen molar-refractivity contribution in [1.29, 1.82) is 0 Å². The second-order valence-electron chi connectivity index (χ2n) is 10.1. The molecule has 7 atom stereocenters. The van der Waals surface area contributed by atoms with E-state index in [1.807, 2.05) is 6.08 Å². The Kier molecular flexibility index (Phi) is 5.25. The monoisotopic (exact) mass is 432 g/mol. The zero-order chi connectivity index (χ0) is 21.9. The van der Waals surface area contributed by atoms with Crippen LogP contribution in [0.4, 0.5) is 0 Å². The van der Waals surface area contributed by atoms with Gasteiger partial charge in [-0.1, -0.05) is 39.3 Å². The molecule has 5 nitrogen and oxygen atoms in total. The molecule has 0 unspecified atom stereocenters. The second kappa shape index (κ2) is 7.27. The molecular formula is C24H32O5S. The maximum absolute atomic E-state index is 12.4. The Bertz CT molecular complexity index is 847. The lowest BCUT2D eigenvalue weighted by molar-refractivity contribution is -0.201. The largest absolute Gasteiger partial charge is 0.449 e. The van der Waals surface area contributed by atoms with Gasteiger partial charge in [0.2, 0.25) is 5.05 Å². The maximum Gasteiger partial charge on any atom is 0.306 e. The molecule has 0 heterocycles. The highest BCUT2D eigenvalue weighted by molar-refractivity contribution is 7.80. The van der Waals surface area contributed by atoms with E-state index in [0.29, 0.717) is 17.8 Å². The minimum atomic E-state index is -1.10. The van der Waals surface area contributed by atoms with Crippen LogP contribution in [-0.2, 0) is 19.2 Å². The summed E-state index contributed by atoms with van der Waals surface area (Å²) in [4.78, 5) is 29.0. The molecule has 30 heavy (non-hydrogen) atoms. The summed E-state index contributed by atoms with van der Waals surface area (Å²) in [6, 6.07) is 0. The zero-order valence-corrected chi connectivity index (χ0v) is 19.1. The highest BCUT2D eigenvalue weighted by atomic mass is 32.1. The van der Waals surface area contributed by atoms with Gasteiger partial charge < -0.3 is 9.62 Å². The SMILES string of the molecule is CCC(=O)O[C@]1(C(=S)OO)[C@H](C)C[C@H]2[C@@H]3CCC4=CC(=O)C=C[C@]4(C)[C@H]3CC[C@@]21C. The summed E-state index contributed by atoms with van der Waals surface area (Å²) in [5.74, 6) is 0.901. The number of hydrogen-bond acceptors (Lipinski definition) is 6. The van der Waals surface area contributed by atoms with Gasteiger partial charge in [-0.3, -0.25) is 9.59 Å². The Balaban J connectivity index is 1.75. The van der Waals surface area contributed by atoms with E-state index in [9.17, 15) is 14.8 Å². The average Bonchev–Trinajstić information content (AvgIpc) is 2.95. The number of hydrogen-bond donors (Lipinski definition) is 1. The molecule has 6 heteroatoms. The van der Waals surface area contributed by atoms with Crippen molar-refractivity contribution in [2.24, 2.45) is 34.5 Å². The number of ketones is 1. The number of carbonyl (C=O) groups is 2. The van der Waals surface area contributed by atoms with Gasteiger partial charge in [0.15, 0.2) is 11.4 Å². The third kappa shape index (κ3) is 2.72. The van der Waals surface area contributed by atoms with Gasteiger partial charge in [-0.2, -0.15) is 0 Å². The van der Waals surface area contributed by atoms with Crippen molar-refractivity contribution in [3.05, 3.63) is 23.8 Å². The molecule has 0 aromatic rings. The van der Waals surface area contributed by atoms with E-state index in [0.717, 1.165) is 32.1 Å². The average molecular weight is 433 g/mol. The first-order chi connectivity index (χ1) is 14.1. The smallest absolute Gasteiger partial charge is 0.306 e. The number of allylic oxidation sites excluding steroid dienone is 4. The number of fused-ring (bicyclic) bond motifs is 5. The van der Waals surface area contributed by atoms with E-state index in [1.165, 1.54) is 5.57 Å². The number of rotatable bonds is 3. The number of carbonyl (C=O) groups excluding carboxylic acids is 2. The van der Waals surface area contributed by atoms with Crippen LogP contribution in [0.5, 0.6) is 0 Å². The standard InChI is InChI=1S/C24H32O5S/c1-5-20(26)28-24(21(30)29-27)14(2)12-19-17-7-6-15-13-16(25)8-10-22(15,3)18(17)9-11-23(19,24)4/h8,10,13-14,17-19,27H,5-7,9,11-12H2,1-4H3/t14-,17-,18+,19+,22+,23+,24+/m1/s1. The van der Waals surface area contributed by atoms with Crippen molar-refractivity contribution < 1.29 is 24.5 Å². The molecule has 0 saturated heterocycles. The van der Waals surface area contributed by atoms with Gasteiger partial charge in [0, 0.05) is 23.2 Å². The van der Waals surface area contributed by atoms with Gasteiger partial charge in [-0.05, 0) is 74.2 Å². The van der Waals surface area contributed by atoms with E-state index in [1.54, 1.807) is 13.0 Å². The third-order valence-electron chi connectivity index (χ3n) is 9.05. The lowest BCUT2D eigenvalue weighted by atomic mass is 9.47. The van der Waals surface area contributed by atoms with Crippen LogP contribution in [0, 0.1) is 34.5 Å². The quantitative estimate of drug-likeness (QED) is 0.291. The summed E-state index contributed by atoms with van der Waals surface area (Å²) in [6.45, 7) is 8.26. The fourth-order valence-electron chi connectivity index (χ4n) is 7.54. The van der Waals surface area contributed by atoms with Gasteiger partial charge in [0.1, 0.15) is 0 Å². The van der Waals surface area contributed by atoms with Crippen LogP contribution in [0.1, 0.15) is 66.2 Å². The Morgan fingerprint density at radius 3 is 2.70 bits per heavy atom. The summed E-state index contributed by atoms with van der Waals surface area (Å²) in [7, 11) is 0. The molecule has 4 rings (SSSR count). The van der Waals surface area contributed by atoms with Crippen molar-refractivity contribution in [3.8, 4) is 0 Å². The molecular weight excluding hydrogens is 400 g/mol. The molecule has 4 aliphatic carbocycles. The number of thiocarbonyl (C=S) groups is 1. The van der Waals surface area contributed by atoms with Crippen LogP contribution >= 0.6 is 12.2 Å². The number of esters is 1. The van der Waals surface area contributed by atoms with Gasteiger partial charge in [-0.15, -0.1) is 0 Å². The van der Waals surface area contributed by atoms with E-state index >= 15 is 0 Å². The Labute approximate surface area is 183 Å². The topological polar surface area (TPSA) is 72.8 Å². The van der Waals surface area contributed by atoms with Gasteiger partial charge in [0.05, 0.1) is 0 Å². The fraction of sp³-hybridized carbons (Fsp3) is 0.708. The molecule has 4 aliphatic rings. The van der Waals surface area contributed by atoms with Crippen LogP contribution in [-0.4, -0.2) is 27.7 Å². The van der Waals surface area contributed by atoms with E-state index in [-0.39, 0.29) is 34.6 Å². The minimum Gasteiger partial charge on any atom is -0.449 e.